The average molecular weight is 340 g/mol. The third-order valence-electron chi connectivity index (χ3n) is 6.50. The van der Waals surface area contributed by atoms with Crippen LogP contribution in [0.4, 0.5) is 0 Å². The molecule has 27 heavy (non-hydrogen) atoms. The molecule has 0 saturated heterocycles. The summed E-state index contributed by atoms with van der Waals surface area (Å²) in [7, 11) is 0. The van der Waals surface area contributed by atoms with Gasteiger partial charge in [-0.1, -0.05) is 85.0 Å². The average Bonchev–Trinajstić information content (AvgIpc) is 3.27. The highest BCUT2D eigenvalue weighted by Gasteiger charge is 2.41. The van der Waals surface area contributed by atoms with Crippen LogP contribution in [0.5, 0.6) is 0 Å². The molecule has 0 N–H and O–H groups in total. The maximum atomic E-state index is 2.41. The standard InChI is InChI=1S/C27H16/c1-2-18-4-6-20-8-10-22-12-14-27(26(22)24(20)16-18)13-11-21-9-7-19-5-3-17(1)15-23(19)25(21)27/h1-16H/b2-1-. The van der Waals surface area contributed by atoms with Crippen LogP contribution in [-0.4, -0.2) is 0 Å². The Labute approximate surface area is 157 Å². The van der Waals surface area contributed by atoms with Crippen LogP contribution in [0, 0.1) is 0 Å². The molecule has 0 saturated carbocycles. The summed E-state index contributed by atoms with van der Waals surface area (Å²) < 4.78 is 0. The van der Waals surface area contributed by atoms with Gasteiger partial charge in [-0.2, -0.15) is 0 Å². The lowest BCUT2D eigenvalue weighted by molar-refractivity contribution is 0.870. The Morgan fingerprint density at radius 1 is 0.481 bits per heavy atom. The van der Waals surface area contributed by atoms with Crippen molar-refractivity contribution in [3.05, 3.63) is 106 Å². The molecule has 0 aromatic heterocycles. The Balaban J connectivity index is 1.77. The molecule has 0 aliphatic heterocycles. The third-order valence-corrected chi connectivity index (χ3v) is 6.50. The van der Waals surface area contributed by atoms with Gasteiger partial charge in [-0.05, 0) is 67.1 Å². The fraction of sp³-hybridized carbons (Fsp3) is 0.0370. The van der Waals surface area contributed by atoms with Crippen LogP contribution in [0.15, 0.2) is 72.8 Å². The maximum Gasteiger partial charge on any atom is 0.0593 e. The summed E-state index contributed by atoms with van der Waals surface area (Å²) >= 11 is 0. The summed E-state index contributed by atoms with van der Waals surface area (Å²) in [6, 6.07) is 22.7. The second-order valence-corrected chi connectivity index (χ2v) is 7.89. The lowest BCUT2D eigenvalue weighted by atomic mass is 9.74. The van der Waals surface area contributed by atoms with Crippen LogP contribution in [0.1, 0.15) is 33.4 Å². The van der Waals surface area contributed by atoms with E-state index in [1.807, 2.05) is 0 Å². The molecule has 1 spiro atoms. The Hall–Kier alpha value is -3.38. The summed E-state index contributed by atoms with van der Waals surface area (Å²) in [5.41, 5.74) is 7.90. The molecule has 0 radical (unpaired) electrons. The number of allylic oxidation sites excluding steroid dienone is 2. The number of hydrogen-bond donors (Lipinski definition) is 0. The van der Waals surface area contributed by atoms with E-state index >= 15 is 0 Å². The van der Waals surface area contributed by atoms with Crippen molar-refractivity contribution in [3.63, 3.8) is 0 Å². The lowest BCUT2D eigenvalue weighted by Crippen LogP contribution is -2.19. The van der Waals surface area contributed by atoms with Crippen molar-refractivity contribution in [2.45, 2.75) is 5.41 Å². The SMILES string of the molecule is C1=CC23C=Cc4ccc5ccc(cc5c42)/C=C\c2ccc4ccc1c3c4c2. The molecule has 0 unspecified atom stereocenters. The van der Waals surface area contributed by atoms with E-state index in [2.05, 4.69) is 97.1 Å². The first-order chi connectivity index (χ1) is 13.3. The maximum absolute atomic E-state index is 2.41. The number of hydrogen-bond acceptors (Lipinski definition) is 0. The minimum Gasteiger partial charge on any atom is -0.0651 e. The Kier molecular flexibility index (Phi) is 2.28. The van der Waals surface area contributed by atoms with Gasteiger partial charge in [0, 0.05) is 0 Å². The Morgan fingerprint density at radius 2 is 0.963 bits per heavy atom. The van der Waals surface area contributed by atoms with Crippen molar-refractivity contribution in [2.75, 3.05) is 0 Å². The Morgan fingerprint density at radius 3 is 1.48 bits per heavy atom. The van der Waals surface area contributed by atoms with Crippen LogP contribution >= 0.6 is 0 Å². The normalized spacial score (nSPS) is 17.9. The van der Waals surface area contributed by atoms with E-state index in [0.29, 0.717) is 0 Å². The molecule has 124 valence electrons. The summed E-state index contributed by atoms with van der Waals surface area (Å²) in [4.78, 5) is 0. The zero-order valence-corrected chi connectivity index (χ0v) is 14.7. The summed E-state index contributed by atoms with van der Waals surface area (Å²) in [6.07, 6.45) is 13.9. The lowest BCUT2D eigenvalue weighted by Gasteiger charge is -2.27. The van der Waals surface area contributed by atoms with Crippen molar-refractivity contribution in [1.29, 1.82) is 0 Å². The van der Waals surface area contributed by atoms with Crippen molar-refractivity contribution in [3.8, 4) is 0 Å². The largest absolute Gasteiger partial charge is 0.0651 e. The van der Waals surface area contributed by atoms with Crippen molar-refractivity contribution in [2.24, 2.45) is 0 Å². The van der Waals surface area contributed by atoms with Gasteiger partial charge >= 0.3 is 0 Å². The molecule has 7 rings (SSSR count). The molecule has 0 heteroatoms. The van der Waals surface area contributed by atoms with E-state index < -0.39 is 0 Å². The van der Waals surface area contributed by atoms with E-state index in [1.54, 1.807) is 0 Å². The molecule has 0 heterocycles. The third kappa shape index (κ3) is 1.60. The molecule has 4 aromatic rings. The smallest absolute Gasteiger partial charge is 0.0593 e. The van der Waals surface area contributed by atoms with Crippen LogP contribution in [-0.2, 0) is 5.41 Å². The fourth-order valence-corrected chi connectivity index (χ4v) is 5.27. The van der Waals surface area contributed by atoms with E-state index in [-0.39, 0.29) is 5.41 Å². The van der Waals surface area contributed by atoms with Crippen molar-refractivity contribution in [1.82, 2.24) is 0 Å². The second kappa shape index (κ2) is 4.47. The minimum absolute atomic E-state index is 0.161. The number of benzene rings is 4. The predicted molar refractivity (Wildman–Crippen MR) is 116 cm³/mol. The molecule has 0 fully saturated rings. The van der Waals surface area contributed by atoms with Crippen LogP contribution in [0.2, 0.25) is 0 Å². The van der Waals surface area contributed by atoms with Gasteiger partial charge in [0.05, 0.1) is 5.41 Å². The van der Waals surface area contributed by atoms with E-state index in [9.17, 15) is 0 Å². The quantitative estimate of drug-likeness (QED) is 0.329. The molecule has 0 nitrogen and oxygen atoms in total. The van der Waals surface area contributed by atoms with Crippen molar-refractivity contribution >= 4 is 45.8 Å². The highest BCUT2D eigenvalue weighted by molar-refractivity contribution is 6.02. The molecule has 4 bridgehead atoms. The van der Waals surface area contributed by atoms with Gasteiger partial charge in [-0.3, -0.25) is 0 Å². The van der Waals surface area contributed by atoms with E-state index in [0.717, 1.165) is 0 Å². The molecular formula is C27H16. The summed E-state index contributed by atoms with van der Waals surface area (Å²) in [6.45, 7) is 0. The van der Waals surface area contributed by atoms with Gasteiger partial charge in [0.2, 0.25) is 0 Å². The summed E-state index contributed by atoms with van der Waals surface area (Å²) in [5.74, 6) is 0. The van der Waals surface area contributed by atoms with Gasteiger partial charge in [-0.25, -0.2) is 0 Å². The van der Waals surface area contributed by atoms with Gasteiger partial charge in [-0.15, -0.1) is 0 Å². The molecule has 3 aliphatic rings. The first-order valence-corrected chi connectivity index (χ1v) is 9.53. The minimum atomic E-state index is -0.161. The topological polar surface area (TPSA) is 0 Å². The molecule has 0 atom stereocenters. The van der Waals surface area contributed by atoms with Crippen molar-refractivity contribution < 1.29 is 0 Å². The van der Waals surface area contributed by atoms with Crippen LogP contribution in [0.25, 0.3) is 45.8 Å². The zero-order chi connectivity index (χ0) is 17.6. The van der Waals surface area contributed by atoms with Gasteiger partial charge < -0.3 is 0 Å². The molecule has 4 aromatic carbocycles. The first-order valence-electron chi connectivity index (χ1n) is 9.53. The number of rotatable bonds is 0. The second-order valence-electron chi connectivity index (χ2n) is 7.89. The fourth-order valence-electron chi connectivity index (χ4n) is 5.27. The first kappa shape index (κ1) is 13.8. The molecular weight excluding hydrogens is 324 g/mol. The Bertz CT molecular complexity index is 1300. The molecule has 3 aliphatic carbocycles. The van der Waals surface area contributed by atoms with Gasteiger partial charge in [0.1, 0.15) is 0 Å². The van der Waals surface area contributed by atoms with E-state index in [1.165, 1.54) is 54.9 Å². The van der Waals surface area contributed by atoms with Crippen LogP contribution in [0.3, 0.4) is 0 Å². The predicted octanol–water partition coefficient (Wildman–Crippen LogP) is 6.82. The van der Waals surface area contributed by atoms with Gasteiger partial charge in [0.25, 0.3) is 0 Å². The van der Waals surface area contributed by atoms with Gasteiger partial charge in [0.15, 0.2) is 0 Å². The number of fused-ring (bicyclic) bond motifs is 2. The highest BCUT2D eigenvalue weighted by atomic mass is 14.4. The highest BCUT2D eigenvalue weighted by Crippen LogP contribution is 2.52. The van der Waals surface area contributed by atoms with E-state index in [4.69, 9.17) is 0 Å². The zero-order valence-electron chi connectivity index (χ0n) is 14.7. The monoisotopic (exact) mass is 340 g/mol. The molecule has 0 amide bonds. The van der Waals surface area contributed by atoms with Crippen LogP contribution < -0.4 is 0 Å². The summed E-state index contributed by atoms with van der Waals surface area (Å²) in [5, 5.41) is 5.36.